The summed E-state index contributed by atoms with van der Waals surface area (Å²) in [6.07, 6.45) is 9.27. The van der Waals surface area contributed by atoms with Gasteiger partial charge in [0.05, 0.1) is 5.56 Å². The molecular formula is C22H23FN2O3S. The zero-order chi connectivity index (χ0) is 20.8. The first kappa shape index (κ1) is 20.9. The highest BCUT2D eigenvalue weighted by Gasteiger charge is 2.32. The molecule has 1 saturated heterocycles. The van der Waals surface area contributed by atoms with Gasteiger partial charge in [0.2, 0.25) is 11.2 Å². The average molecular weight is 415 g/mol. The van der Waals surface area contributed by atoms with Gasteiger partial charge in [0.1, 0.15) is 24.6 Å². The van der Waals surface area contributed by atoms with Gasteiger partial charge in [-0.2, -0.15) is 0 Å². The fourth-order valence-corrected chi connectivity index (χ4v) is 4.21. The number of rotatable bonds is 6. The van der Waals surface area contributed by atoms with Crippen LogP contribution in [0.4, 0.5) is 10.1 Å². The van der Waals surface area contributed by atoms with Crippen molar-refractivity contribution in [2.75, 3.05) is 17.5 Å². The smallest absolute Gasteiger partial charge is 0.253 e. The number of nitrogens with zero attached hydrogens (tertiary/aromatic N) is 1. The summed E-state index contributed by atoms with van der Waals surface area (Å²) in [4.78, 5) is 11.7. The molecule has 1 aromatic rings. The van der Waals surface area contributed by atoms with E-state index in [1.807, 2.05) is 0 Å². The number of hydrogen-bond acceptors (Lipinski definition) is 3. The quantitative estimate of drug-likeness (QED) is 0.572. The van der Waals surface area contributed by atoms with Crippen LogP contribution in [0.1, 0.15) is 31.2 Å². The van der Waals surface area contributed by atoms with E-state index < -0.39 is 22.9 Å². The number of anilines is 1. The molecule has 1 heterocycles. The summed E-state index contributed by atoms with van der Waals surface area (Å²) >= 11 is -1.88. The van der Waals surface area contributed by atoms with Gasteiger partial charge in [-0.1, -0.05) is 56.1 Å². The summed E-state index contributed by atoms with van der Waals surface area (Å²) in [5.41, 5.74) is 0.899. The highest BCUT2D eigenvalue weighted by atomic mass is 32.2. The summed E-state index contributed by atoms with van der Waals surface area (Å²) < 4.78 is 36.8. The molecule has 1 amide bonds. The summed E-state index contributed by atoms with van der Waals surface area (Å²) in [6.45, 7) is 7.23. The third-order valence-corrected chi connectivity index (χ3v) is 5.89. The largest absolute Gasteiger partial charge is 0.487 e. The van der Waals surface area contributed by atoms with Crippen LogP contribution in [0.15, 0.2) is 49.1 Å². The van der Waals surface area contributed by atoms with Crippen LogP contribution < -0.4 is 13.8 Å². The van der Waals surface area contributed by atoms with Crippen LogP contribution in [-0.2, 0) is 16.0 Å². The van der Waals surface area contributed by atoms with E-state index in [0.717, 1.165) is 35.6 Å². The van der Waals surface area contributed by atoms with Crippen molar-refractivity contribution in [1.29, 1.82) is 0 Å². The molecule has 1 N–H and O–H groups in total. The van der Waals surface area contributed by atoms with E-state index in [9.17, 15) is 9.00 Å². The summed E-state index contributed by atoms with van der Waals surface area (Å²) in [5, 5.41) is 0. The minimum Gasteiger partial charge on any atom is -0.487 e. The fraction of sp³-hybridized carbons (Fsp3) is 0.318. The summed E-state index contributed by atoms with van der Waals surface area (Å²) in [7, 11) is 0. The van der Waals surface area contributed by atoms with E-state index in [2.05, 4.69) is 29.7 Å². The second kappa shape index (κ2) is 9.57. The number of carbonyl (C=O) groups excluding carboxylic acids is 1. The number of hydrogen-bond donors (Lipinski definition) is 1. The SMILES string of the molecule is C=C/C=C(\C=C)COc1ccc(C#CC2CCCC2)c(F)c1N1CC(=O)NS1=O. The molecule has 0 bridgehead atoms. The molecule has 1 aliphatic carbocycles. The van der Waals surface area contributed by atoms with Crippen LogP contribution in [0.3, 0.4) is 0 Å². The molecule has 2 fully saturated rings. The lowest BCUT2D eigenvalue weighted by atomic mass is 10.1. The van der Waals surface area contributed by atoms with Crippen molar-refractivity contribution in [3.05, 3.63) is 60.5 Å². The van der Waals surface area contributed by atoms with Gasteiger partial charge in [-0.05, 0) is 30.5 Å². The minimum atomic E-state index is -1.88. The van der Waals surface area contributed by atoms with Crippen molar-refractivity contribution in [3.8, 4) is 17.6 Å². The first-order valence-corrected chi connectivity index (χ1v) is 10.5. The highest BCUT2D eigenvalue weighted by molar-refractivity contribution is 7.85. The first-order chi connectivity index (χ1) is 14.0. The van der Waals surface area contributed by atoms with Crippen molar-refractivity contribution in [3.63, 3.8) is 0 Å². The summed E-state index contributed by atoms with van der Waals surface area (Å²) in [5.74, 6) is 5.40. The topological polar surface area (TPSA) is 58.6 Å². The number of amides is 1. The first-order valence-electron chi connectivity index (χ1n) is 9.43. The van der Waals surface area contributed by atoms with Crippen molar-refractivity contribution >= 4 is 22.8 Å². The van der Waals surface area contributed by atoms with Crippen molar-refractivity contribution in [2.24, 2.45) is 5.92 Å². The Morgan fingerprint density at radius 2 is 2.14 bits per heavy atom. The Hall–Kier alpha value is -2.85. The lowest BCUT2D eigenvalue weighted by Crippen LogP contribution is -2.24. The zero-order valence-electron chi connectivity index (χ0n) is 16.1. The average Bonchev–Trinajstić information content (AvgIpc) is 3.33. The molecule has 0 spiro atoms. The van der Waals surface area contributed by atoms with Crippen LogP contribution in [0.2, 0.25) is 0 Å². The van der Waals surface area contributed by atoms with Gasteiger partial charge in [0, 0.05) is 5.92 Å². The monoisotopic (exact) mass is 414 g/mol. The molecule has 1 saturated carbocycles. The lowest BCUT2D eigenvalue weighted by molar-refractivity contribution is -0.117. The molecule has 0 aromatic heterocycles. The maximum absolute atomic E-state index is 15.4. The van der Waals surface area contributed by atoms with E-state index in [-0.39, 0.29) is 36.1 Å². The Morgan fingerprint density at radius 3 is 2.76 bits per heavy atom. The van der Waals surface area contributed by atoms with E-state index in [0.29, 0.717) is 0 Å². The number of benzene rings is 1. The van der Waals surface area contributed by atoms with E-state index in [4.69, 9.17) is 4.74 Å². The Balaban J connectivity index is 1.96. The molecule has 7 heteroatoms. The molecule has 1 unspecified atom stereocenters. The van der Waals surface area contributed by atoms with Gasteiger partial charge < -0.3 is 4.74 Å². The molecule has 2 aliphatic rings. The van der Waals surface area contributed by atoms with Gasteiger partial charge in [-0.15, -0.1) is 0 Å². The predicted octanol–water partition coefficient (Wildman–Crippen LogP) is 3.56. The van der Waals surface area contributed by atoms with Crippen LogP contribution >= 0.6 is 0 Å². The Kier molecular flexibility index (Phi) is 6.89. The van der Waals surface area contributed by atoms with Crippen LogP contribution in [0.25, 0.3) is 0 Å². The van der Waals surface area contributed by atoms with Gasteiger partial charge >= 0.3 is 0 Å². The van der Waals surface area contributed by atoms with Crippen molar-refractivity contribution in [1.82, 2.24) is 4.72 Å². The van der Waals surface area contributed by atoms with E-state index in [1.165, 1.54) is 0 Å². The Bertz CT molecular complexity index is 939. The van der Waals surface area contributed by atoms with Crippen molar-refractivity contribution in [2.45, 2.75) is 25.7 Å². The Labute approximate surface area is 173 Å². The third-order valence-electron chi connectivity index (χ3n) is 4.77. The number of allylic oxidation sites excluding steroid dienone is 2. The molecule has 1 atom stereocenters. The molecule has 5 nitrogen and oxygen atoms in total. The number of carbonyl (C=O) groups is 1. The Morgan fingerprint density at radius 1 is 1.38 bits per heavy atom. The molecule has 152 valence electrons. The standard InChI is InChI=1S/C22H23FN2O3S/c1-3-7-16(4-2)15-28-19-13-12-18(11-10-17-8-5-6-9-17)21(23)22(19)25-14-20(26)24-29(25)27/h3-4,7,12-13,17H,1-2,5-6,8-9,14-15H2,(H,24,26)/b16-7+. The van der Waals surface area contributed by atoms with Gasteiger partial charge in [0.25, 0.3) is 5.91 Å². The maximum Gasteiger partial charge on any atom is 0.253 e. The van der Waals surface area contributed by atoms with E-state index in [1.54, 1.807) is 30.4 Å². The van der Waals surface area contributed by atoms with Crippen LogP contribution in [-0.4, -0.2) is 23.3 Å². The number of ether oxygens (including phenoxy) is 1. The maximum atomic E-state index is 15.4. The van der Waals surface area contributed by atoms with Gasteiger partial charge in [-0.25, -0.2) is 8.60 Å². The molecule has 1 aliphatic heterocycles. The lowest BCUT2D eigenvalue weighted by Gasteiger charge is -2.20. The van der Waals surface area contributed by atoms with Gasteiger partial charge in [0.15, 0.2) is 5.82 Å². The molecule has 0 radical (unpaired) electrons. The summed E-state index contributed by atoms with van der Waals surface area (Å²) in [6, 6.07) is 3.14. The van der Waals surface area contributed by atoms with Crippen molar-refractivity contribution < 1.29 is 18.1 Å². The van der Waals surface area contributed by atoms with E-state index >= 15 is 4.39 Å². The zero-order valence-corrected chi connectivity index (χ0v) is 16.9. The third kappa shape index (κ3) is 4.96. The highest BCUT2D eigenvalue weighted by Crippen LogP contribution is 2.35. The molecule has 1 aromatic carbocycles. The molecular weight excluding hydrogens is 391 g/mol. The van der Waals surface area contributed by atoms with Crippen LogP contribution in [0, 0.1) is 23.6 Å². The van der Waals surface area contributed by atoms with Gasteiger partial charge in [-0.3, -0.25) is 13.8 Å². The van der Waals surface area contributed by atoms with Crippen LogP contribution in [0.5, 0.6) is 5.75 Å². The second-order valence-electron chi connectivity index (χ2n) is 6.81. The predicted molar refractivity (Wildman–Crippen MR) is 113 cm³/mol. The normalized spacial score (nSPS) is 19.5. The molecule has 3 rings (SSSR count). The fourth-order valence-electron chi connectivity index (χ4n) is 3.27. The minimum absolute atomic E-state index is 0.0399. The molecule has 29 heavy (non-hydrogen) atoms. The second-order valence-corrected chi connectivity index (χ2v) is 7.95. The number of nitrogens with one attached hydrogen (secondary N) is 1. The number of halogens is 1.